The summed E-state index contributed by atoms with van der Waals surface area (Å²) in [5.41, 5.74) is 1.16. The van der Waals surface area contributed by atoms with Gasteiger partial charge in [-0.1, -0.05) is 6.07 Å². The highest BCUT2D eigenvalue weighted by Crippen LogP contribution is 2.05. The first-order chi connectivity index (χ1) is 6.19. The molecule has 0 N–H and O–H groups in total. The van der Waals surface area contributed by atoms with Crippen LogP contribution in [0.4, 0.5) is 0 Å². The van der Waals surface area contributed by atoms with Gasteiger partial charge in [-0.25, -0.2) is 9.78 Å². The van der Waals surface area contributed by atoms with Crippen molar-refractivity contribution in [2.24, 2.45) is 0 Å². The van der Waals surface area contributed by atoms with Crippen LogP contribution in [0.2, 0.25) is 0 Å². The van der Waals surface area contributed by atoms with Gasteiger partial charge in [-0.3, -0.25) is 0 Å². The van der Waals surface area contributed by atoms with Crippen molar-refractivity contribution in [2.45, 2.75) is 6.92 Å². The number of esters is 1. The number of carbonyl (C=O) groups is 1. The van der Waals surface area contributed by atoms with Gasteiger partial charge in [0, 0.05) is 0 Å². The van der Waals surface area contributed by atoms with Gasteiger partial charge in [0.2, 0.25) is 0 Å². The third-order valence-electron chi connectivity index (χ3n) is 1.60. The molecule has 0 saturated heterocycles. The second kappa shape index (κ2) is 3.68. The highest BCUT2D eigenvalue weighted by atomic mass is 16.5. The predicted octanol–water partition coefficient (Wildman–Crippen LogP) is 1.05. The quantitative estimate of drug-likeness (QED) is 0.600. The number of hydrogen-bond acceptors (Lipinski definition) is 4. The Bertz CT molecular complexity index is 380. The van der Waals surface area contributed by atoms with Crippen LogP contribution in [0, 0.1) is 18.3 Å². The molecule has 0 fully saturated rings. The van der Waals surface area contributed by atoms with Crippen molar-refractivity contribution < 1.29 is 9.53 Å². The number of aromatic nitrogens is 1. The van der Waals surface area contributed by atoms with Crippen LogP contribution < -0.4 is 0 Å². The molecule has 4 nitrogen and oxygen atoms in total. The molecule has 1 heterocycles. The first kappa shape index (κ1) is 9.20. The number of nitriles is 1. The largest absolute Gasteiger partial charge is 0.464 e. The molecule has 0 radical (unpaired) electrons. The van der Waals surface area contributed by atoms with Gasteiger partial charge in [-0.15, -0.1) is 0 Å². The molecule has 1 aromatic rings. The molecular formula is C9H8N2O2. The number of methoxy groups -OCH3 is 1. The molecule has 0 amide bonds. The minimum Gasteiger partial charge on any atom is -0.464 e. The number of hydrogen-bond donors (Lipinski definition) is 0. The van der Waals surface area contributed by atoms with E-state index in [2.05, 4.69) is 9.72 Å². The highest BCUT2D eigenvalue weighted by molar-refractivity contribution is 5.87. The van der Waals surface area contributed by atoms with Crippen LogP contribution in [0.15, 0.2) is 12.1 Å². The maximum atomic E-state index is 11.0. The van der Waals surface area contributed by atoms with E-state index in [0.29, 0.717) is 0 Å². The molecule has 0 spiro atoms. The number of ether oxygens (including phenoxy) is 1. The van der Waals surface area contributed by atoms with Crippen LogP contribution in [0.25, 0.3) is 0 Å². The van der Waals surface area contributed by atoms with Gasteiger partial charge in [0.05, 0.1) is 7.11 Å². The fourth-order valence-corrected chi connectivity index (χ4v) is 0.860. The number of aryl methyl sites for hydroxylation is 1. The molecule has 0 aliphatic heterocycles. The van der Waals surface area contributed by atoms with Crippen molar-refractivity contribution >= 4 is 5.97 Å². The van der Waals surface area contributed by atoms with E-state index >= 15 is 0 Å². The van der Waals surface area contributed by atoms with Crippen molar-refractivity contribution in [1.29, 1.82) is 5.26 Å². The molecule has 0 unspecified atom stereocenters. The van der Waals surface area contributed by atoms with E-state index in [9.17, 15) is 4.79 Å². The summed E-state index contributed by atoms with van der Waals surface area (Å²) >= 11 is 0. The lowest BCUT2D eigenvalue weighted by Gasteiger charge is -1.99. The van der Waals surface area contributed by atoms with E-state index < -0.39 is 5.97 Å². The zero-order valence-corrected chi connectivity index (χ0v) is 7.37. The summed E-state index contributed by atoms with van der Waals surface area (Å²) in [6.45, 7) is 1.76. The van der Waals surface area contributed by atoms with Crippen molar-refractivity contribution in [1.82, 2.24) is 4.98 Å². The minimum absolute atomic E-state index is 0.157. The Balaban J connectivity index is 3.15. The number of rotatable bonds is 1. The van der Waals surface area contributed by atoms with Gasteiger partial charge < -0.3 is 4.74 Å². The average molecular weight is 176 g/mol. The van der Waals surface area contributed by atoms with Crippen LogP contribution in [-0.4, -0.2) is 18.1 Å². The third kappa shape index (κ3) is 1.82. The standard InChI is InChI=1S/C9H8N2O2/c1-6-3-4-7(9(12)13-2)11-8(6)5-10/h3-4H,1-2H3. The third-order valence-corrected chi connectivity index (χ3v) is 1.60. The van der Waals surface area contributed by atoms with Crippen LogP contribution in [0.3, 0.4) is 0 Å². The van der Waals surface area contributed by atoms with Crippen molar-refractivity contribution in [3.05, 3.63) is 29.1 Å². The van der Waals surface area contributed by atoms with Crippen LogP contribution >= 0.6 is 0 Å². The normalized spacial score (nSPS) is 9.00. The first-order valence-corrected chi connectivity index (χ1v) is 3.65. The number of pyridine rings is 1. The molecule has 13 heavy (non-hydrogen) atoms. The van der Waals surface area contributed by atoms with Gasteiger partial charge in [0.1, 0.15) is 17.5 Å². The van der Waals surface area contributed by atoms with Gasteiger partial charge >= 0.3 is 5.97 Å². The van der Waals surface area contributed by atoms with Crippen molar-refractivity contribution in [3.63, 3.8) is 0 Å². The summed E-state index contributed by atoms with van der Waals surface area (Å²) in [5, 5.41) is 8.63. The summed E-state index contributed by atoms with van der Waals surface area (Å²) in [5.74, 6) is -0.531. The Hall–Kier alpha value is -1.89. The zero-order valence-electron chi connectivity index (χ0n) is 7.37. The summed E-state index contributed by atoms with van der Waals surface area (Å²) in [4.78, 5) is 14.8. The molecular weight excluding hydrogens is 168 g/mol. The maximum absolute atomic E-state index is 11.0. The SMILES string of the molecule is COC(=O)c1ccc(C)c(C#N)n1. The fraction of sp³-hybridized carbons (Fsp3) is 0.222. The monoisotopic (exact) mass is 176 g/mol. The van der Waals surface area contributed by atoms with Gasteiger partial charge in [0.25, 0.3) is 0 Å². The molecule has 66 valence electrons. The van der Waals surface area contributed by atoms with Gasteiger partial charge in [-0.05, 0) is 18.6 Å². The Kier molecular flexibility index (Phi) is 2.60. The molecule has 1 rings (SSSR count). The smallest absolute Gasteiger partial charge is 0.356 e. The van der Waals surface area contributed by atoms with E-state index in [-0.39, 0.29) is 11.4 Å². The second-order valence-corrected chi connectivity index (χ2v) is 2.47. The lowest BCUT2D eigenvalue weighted by Crippen LogP contribution is -2.05. The Labute approximate surface area is 75.8 Å². The van der Waals surface area contributed by atoms with E-state index in [4.69, 9.17) is 5.26 Å². The Morgan fingerprint density at radius 1 is 1.62 bits per heavy atom. The van der Waals surface area contributed by atoms with E-state index in [1.54, 1.807) is 13.0 Å². The second-order valence-electron chi connectivity index (χ2n) is 2.47. The summed E-state index contributed by atoms with van der Waals surface area (Å²) in [6.07, 6.45) is 0. The molecule has 1 aromatic heterocycles. The Morgan fingerprint density at radius 3 is 2.85 bits per heavy atom. The van der Waals surface area contributed by atoms with Gasteiger partial charge in [-0.2, -0.15) is 5.26 Å². The van der Waals surface area contributed by atoms with Crippen LogP contribution in [0.1, 0.15) is 21.7 Å². The maximum Gasteiger partial charge on any atom is 0.356 e. The molecule has 4 heteroatoms. The molecule has 0 aliphatic rings. The zero-order chi connectivity index (χ0) is 9.84. The summed E-state index contributed by atoms with van der Waals surface area (Å²) < 4.78 is 4.46. The number of nitrogens with zero attached hydrogens (tertiary/aromatic N) is 2. The summed E-state index contributed by atoms with van der Waals surface area (Å²) in [6, 6.07) is 5.09. The molecule has 0 aliphatic carbocycles. The minimum atomic E-state index is -0.531. The van der Waals surface area contributed by atoms with E-state index in [1.165, 1.54) is 13.2 Å². The predicted molar refractivity (Wildman–Crippen MR) is 45.0 cm³/mol. The molecule has 0 bridgehead atoms. The fourth-order valence-electron chi connectivity index (χ4n) is 0.860. The lowest BCUT2D eigenvalue weighted by molar-refractivity contribution is 0.0594. The Morgan fingerprint density at radius 2 is 2.31 bits per heavy atom. The first-order valence-electron chi connectivity index (χ1n) is 3.65. The average Bonchev–Trinajstić information content (AvgIpc) is 2.17. The molecule has 0 atom stereocenters. The molecule has 0 saturated carbocycles. The lowest BCUT2D eigenvalue weighted by atomic mass is 10.2. The van der Waals surface area contributed by atoms with E-state index in [1.807, 2.05) is 6.07 Å². The van der Waals surface area contributed by atoms with Crippen molar-refractivity contribution in [3.8, 4) is 6.07 Å². The van der Waals surface area contributed by atoms with Crippen LogP contribution in [-0.2, 0) is 4.74 Å². The highest BCUT2D eigenvalue weighted by Gasteiger charge is 2.08. The van der Waals surface area contributed by atoms with E-state index in [0.717, 1.165) is 5.56 Å². The number of carbonyl (C=O) groups excluding carboxylic acids is 1. The van der Waals surface area contributed by atoms with Crippen LogP contribution in [0.5, 0.6) is 0 Å². The van der Waals surface area contributed by atoms with Gasteiger partial charge in [0.15, 0.2) is 0 Å². The molecule has 0 aromatic carbocycles. The summed E-state index contributed by atoms with van der Waals surface area (Å²) in [7, 11) is 1.27. The topological polar surface area (TPSA) is 63.0 Å². The van der Waals surface area contributed by atoms with Crippen molar-refractivity contribution in [2.75, 3.05) is 7.11 Å².